The molecule has 1 atom stereocenters. The first-order valence-corrected chi connectivity index (χ1v) is 10.3. The van der Waals surface area contributed by atoms with E-state index in [2.05, 4.69) is 11.1 Å². The Labute approximate surface area is 175 Å². The zero-order chi connectivity index (χ0) is 20.9. The van der Waals surface area contributed by atoms with E-state index in [9.17, 15) is 9.59 Å². The van der Waals surface area contributed by atoms with Crippen LogP contribution < -0.4 is 9.64 Å². The normalized spacial score (nSPS) is 19.6. The van der Waals surface area contributed by atoms with Crippen molar-refractivity contribution < 1.29 is 14.3 Å². The number of hydrogen-bond donors (Lipinski definition) is 0. The van der Waals surface area contributed by atoms with Gasteiger partial charge >= 0.3 is 0 Å². The summed E-state index contributed by atoms with van der Waals surface area (Å²) in [4.78, 5) is 33.1. The quantitative estimate of drug-likeness (QED) is 0.765. The van der Waals surface area contributed by atoms with E-state index >= 15 is 0 Å². The van der Waals surface area contributed by atoms with Gasteiger partial charge in [0.25, 0.3) is 0 Å². The SMILES string of the molecule is N#Cc1cccnc1OCC1CCN(C(=O)C2CC(=O)N(c3ccccc3)C2)CC1. The van der Waals surface area contributed by atoms with E-state index in [1.54, 1.807) is 23.2 Å². The summed E-state index contributed by atoms with van der Waals surface area (Å²) in [6, 6.07) is 15.0. The van der Waals surface area contributed by atoms with Crippen molar-refractivity contribution in [3.63, 3.8) is 0 Å². The Hall–Kier alpha value is -3.40. The van der Waals surface area contributed by atoms with Gasteiger partial charge in [-0.1, -0.05) is 18.2 Å². The summed E-state index contributed by atoms with van der Waals surface area (Å²) >= 11 is 0. The first-order valence-electron chi connectivity index (χ1n) is 10.3. The van der Waals surface area contributed by atoms with Crippen LogP contribution in [0.4, 0.5) is 5.69 Å². The van der Waals surface area contributed by atoms with Crippen LogP contribution in [0.2, 0.25) is 0 Å². The molecule has 2 aliphatic heterocycles. The maximum absolute atomic E-state index is 13.0. The fourth-order valence-corrected chi connectivity index (χ4v) is 4.10. The van der Waals surface area contributed by atoms with E-state index in [4.69, 9.17) is 10.00 Å². The Balaban J connectivity index is 1.28. The standard InChI is InChI=1S/C23H24N4O3/c24-14-18-5-4-10-25-22(18)30-16-17-8-11-26(12-9-17)23(29)19-13-21(28)27(15-19)20-6-2-1-3-7-20/h1-7,10,17,19H,8-9,11-13,15-16H2. The second-order valence-corrected chi connectivity index (χ2v) is 7.79. The lowest BCUT2D eigenvalue weighted by molar-refractivity contribution is -0.137. The highest BCUT2D eigenvalue weighted by atomic mass is 16.5. The maximum atomic E-state index is 13.0. The largest absolute Gasteiger partial charge is 0.476 e. The van der Waals surface area contributed by atoms with Crippen molar-refractivity contribution in [3.05, 3.63) is 54.2 Å². The van der Waals surface area contributed by atoms with Crippen molar-refractivity contribution >= 4 is 17.5 Å². The summed E-state index contributed by atoms with van der Waals surface area (Å²) in [7, 11) is 0. The van der Waals surface area contributed by atoms with Crippen molar-refractivity contribution in [1.29, 1.82) is 5.26 Å². The molecule has 2 saturated heterocycles. The van der Waals surface area contributed by atoms with Gasteiger partial charge in [0.05, 0.1) is 12.5 Å². The number of nitriles is 1. The molecule has 7 nitrogen and oxygen atoms in total. The second kappa shape index (κ2) is 8.95. The number of rotatable bonds is 5. The molecule has 3 heterocycles. The second-order valence-electron chi connectivity index (χ2n) is 7.79. The average Bonchev–Trinajstić information content (AvgIpc) is 3.20. The fourth-order valence-electron chi connectivity index (χ4n) is 4.10. The number of likely N-dealkylation sites (tertiary alicyclic amines) is 1. The molecule has 0 radical (unpaired) electrons. The number of piperidine rings is 1. The predicted octanol–water partition coefficient (Wildman–Crippen LogP) is 2.62. The molecule has 30 heavy (non-hydrogen) atoms. The van der Waals surface area contributed by atoms with E-state index < -0.39 is 0 Å². The number of carbonyl (C=O) groups is 2. The van der Waals surface area contributed by atoms with Crippen molar-refractivity contribution in [1.82, 2.24) is 9.88 Å². The number of para-hydroxylation sites is 1. The maximum Gasteiger partial charge on any atom is 0.231 e. The third kappa shape index (κ3) is 4.28. The van der Waals surface area contributed by atoms with E-state index in [1.165, 1.54) is 0 Å². The smallest absolute Gasteiger partial charge is 0.231 e. The van der Waals surface area contributed by atoms with E-state index in [-0.39, 0.29) is 24.2 Å². The molecule has 0 aliphatic carbocycles. The van der Waals surface area contributed by atoms with Gasteiger partial charge in [0.15, 0.2) is 0 Å². The van der Waals surface area contributed by atoms with Gasteiger partial charge in [0.2, 0.25) is 17.7 Å². The number of hydrogen-bond acceptors (Lipinski definition) is 5. The number of amides is 2. The average molecular weight is 404 g/mol. The summed E-state index contributed by atoms with van der Waals surface area (Å²) in [5.74, 6) is 0.471. The summed E-state index contributed by atoms with van der Waals surface area (Å²) in [6.45, 7) is 2.26. The van der Waals surface area contributed by atoms with Crippen LogP contribution in [0.5, 0.6) is 5.88 Å². The molecule has 2 fully saturated rings. The molecule has 4 rings (SSSR count). The van der Waals surface area contributed by atoms with Gasteiger partial charge in [-0.15, -0.1) is 0 Å². The van der Waals surface area contributed by atoms with Crippen LogP contribution in [0.15, 0.2) is 48.7 Å². The number of aromatic nitrogens is 1. The molecule has 0 saturated carbocycles. The lowest BCUT2D eigenvalue weighted by atomic mass is 9.96. The molecular formula is C23H24N4O3. The Bertz CT molecular complexity index is 948. The first kappa shape index (κ1) is 19.9. The number of pyridine rings is 1. The van der Waals surface area contributed by atoms with Crippen molar-refractivity contribution in [3.8, 4) is 11.9 Å². The van der Waals surface area contributed by atoms with Crippen LogP contribution in [0.1, 0.15) is 24.8 Å². The van der Waals surface area contributed by atoms with Gasteiger partial charge in [0.1, 0.15) is 11.6 Å². The fraction of sp³-hybridized carbons (Fsp3) is 0.391. The Kier molecular flexibility index (Phi) is 5.94. The van der Waals surface area contributed by atoms with E-state index in [1.807, 2.05) is 35.2 Å². The zero-order valence-corrected chi connectivity index (χ0v) is 16.7. The third-order valence-corrected chi connectivity index (χ3v) is 5.82. The lowest BCUT2D eigenvalue weighted by Gasteiger charge is -2.33. The Morgan fingerprint density at radius 1 is 1.17 bits per heavy atom. The van der Waals surface area contributed by atoms with Crippen molar-refractivity contribution in [2.45, 2.75) is 19.3 Å². The number of carbonyl (C=O) groups excluding carboxylic acids is 2. The van der Waals surface area contributed by atoms with Gasteiger partial charge in [-0.25, -0.2) is 4.98 Å². The Morgan fingerprint density at radius 3 is 2.67 bits per heavy atom. The molecule has 154 valence electrons. The summed E-state index contributed by atoms with van der Waals surface area (Å²) in [6.07, 6.45) is 3.56. The van der Waals surface area contributed by atoms with Crippen LogP contribution >= 0.6 is 0 Å². The Morgan fingerprint density at radius 2 is 1.93 bits per heavy atom. The minimum atomic E-state index is -0.280. The molecular weight excluding hydrogens is 380 g/mol. The molecule has 7 heteroatoms. The van der Waals surface area contributed by atoms with Crippen LogP contribution in [0.25, 0.3) is 0 Å². The molecule has 2 aromatic rings. The number of benzene rings is 1. The van der Waals surface area contributed by atoms with Crippen molar-refractivity contribution in [2.24, 2.45) is 11.8 Å². The van der Waals surface area contributed by atoms with Gasteiger partial charge < -0.3 is 14.5 Å². The van der Waals surface area contributed by atoms with Crippen molar-refractivity contribution in [2.75, 3.05) is 31.1 Å². The molecule has 1 aromatic carbocycles. The van der Waals surface area contributed by atoms with Gasteiger partial charge in [-0.2, -0.15) is 5.26 Å². The van der Waals surface area contributed by atoms with Crippen LogP contribution in [0.3, 0.4) is 0 Å². The van der Waals surface area contributed by atoms with E-state index in [0.29, 0.717) is 43.6 Å². The topological polar surface area (TPSA) is 86.5 Å². The summed E-state index contributed by atoms with van der Waals surface area (Å²) in [5.41, 5.74) is 1.28. The summed E-state index contributed by atoms with van der Waals surface area (Å²) < 4.78 is 5.75. The molecule has 0 N–H and O–H groups in total. The van der Waals surface area contributed by atoms with Crippen LogP contribution in [0, 0.1) is 23.2 Å². The van der Waals surface area contributed by atoms with E-state index in [0.717, 1.165) is 18.5 Å². The first-order chi connectivity index (χ1) is 14.7. The van der Waals surface area contributed by atoms with Gasteiger partial charge in [-0.05, 0) is 43.0 Å². The highest BCUT2D eigenvalue weighted by Crippen LogP contribution is 2.28. The third-order valence-electron chi connectivity index (χ3n) is 5.82. The monoisotopic (exact) mass is 404 g/mol. The molecule has 2 amide bonds. The molecule has 0 bridgehead atoms. The lowest BCUT2D eigenvalue weighted by Crippen LogP contribution is -2.43. The highest BCUT2D eigenvalue weighted by Gasteiger charge is 2.38. The number of anilines is 1. The number of ether oxygens (including phenoxy) is 1. The zero-order valence-electron chi connectivity index (χ0n) is 16.7. The molecule has 1 aromatic heterocycles. The predicted molar refractivity (Wildman–Crippen MR) is 111 cm³/mol. The molecule has 0 spiro atoms. The van der Waals surface area contributed by atoms with Crippen LogP contribution in [-0.2, 0) is 9.59 Å². The minimum Gasteiger partial charge on any atom is -0.476 e. The summed E-state index contributed by atoms with van der Waals surface area (Å²) in [5, 5.41) is 9.12. The molecule has 2 aliphatic rings. The van der Waals surface area contributed by atoms with Gasteiger partial charge in [0, 0.05) is 37.9 Å². The van der Waals surface area contributed by atoms with Crippen LogP contribution in [-0.4, -0.2) is 47.9 Å². The minimum absolute atomic E-state index is 0.00601. The number of nitrogens with zero attached hydrogens (tertiary/aromatic N) is 4. The highest BCUT2D eigenvalue weighted by molar-refractivity contribution is 6.00. The van der Waals surface area contributed by atoms with Gasteiger partial charge in [-0.3, -0.25) is 9.59 Å². The molecule has 1 unspecified atom stereocenters.